The number of hydrogen-bond donors (Lipinski definition) is 2. The fourth-order valence-corrected chi connectivity index (χ4v) is 3.20. The summed E-state index contributed by atoms with van der Waals surface area (Å²) in [6.07, 6.45) is 0.931. The summed E-state index contributed by atoms with van der Waals surface area (Å²) in [5, 5.41) is 7.12. The van der Waals surface area contributed by atoms with Gasteiger partial charge in [-0.2, -0.15) is 0 Å². The topological polar surface area (TPSA) is 50.4 Å². The molecule has 0 saturated carbocycles. The van der Waals surface area contributed by atoms with E-state index in [9.17, 15) is 4.79 Å². The zero-order valence-electron chi connectivity index (χ0n) is 12.1. The summed E-state index contributed by atoms with van der Waals surface area (Å²) in [7, 11) is 3.56. The number of methoxy groups -OCH3 is 1. The summed E-state index contributed by atoms with van der Waals surface area (Å²) in [6.45, 7) is 3.58. The highest BCUT2D eigenvalue weighted by Gasteiger charge is 2.15. The second-order valence-corrected chi connectivity index (χ2v) is 5.68. The molecule has 1 heterocycles. The Bertz CT molecular complexity index is 607. The van der Waals surface area contributed by atoms with E-state index in [1.807, 2.05) is 32.2 Å². The molecule has 0 fully saturated rings. The summed E-state index contributed by atoms with van der Waals surface area (Å²) in [4.78, 5) is 13.0. The van der Waals surface area contributed by atoms with Gasteiger partial charge in [-0.15, -0.1) is 11.3 Å². The maximum Gasteiger partial charge on any atom is 0.261 e. The van der Waals surface area contributed by atoms with Crippen LogP contribution in [0.15, 0.2) is 18.2 Å². The molecular weight excluding hydrogens is 272 g/mol. The Hall–Kier alpha value is -1.59. The number of hydrogen-bond acceptors (Lipinski definition) is 4. The van der Waals surface area contributed by atoms with Crippen molar-refractivity contribution in [3.05, 3.63) is 28.6 Å². The highest BCUT2D eigenvalue weighted by Crippen LogP contribution is 2.33. The van der Waals surface area contributed by atoms with Crippen LogP contribution in [0.4, 0.5) is 0 Å². The smallest absolute Gasteiger partial charge is 0.261 e. The van der Waals surface area contributed by atoms with Gasteiger partial charge in [0.1, 0.15) is 5.75 Å². The molecule has 1 amide bonds. The van der Waals surface area contributed by atoms with E-state index >= 15 is 0 Å². The van der Waals surface area contributed by atoms with Crippen LogP contribution < -0.4 is 15.4 Å². The van der Waals surface area contributed by atoms with Crippen LogP contribution >= 0.6 is 11.3 Å². The Balaban J connectivity index is 2.17. The first-order valence-corrected chi connectivity index (χ1v) is 7.49. The van der Waals surface area contributed by atoms with E-state index in [0.717, 1.165) is 39.2 Å². The average molecular weight is 292 g/mol. The third-order valence-corrected chi connectivity index (χ3v) is 4.51. The van der Waals surface area contributed by atoms with Crippen molar-refractivity contribution in [3.63, 3.8) is 0 Å². The minimum Gasteiger partial charge on any atom is -0.497 e. The summed E-state index contributed by atoms with van der Waals surface area (Å²) < 4.78 is 6.35. The van der Waals surface area contributed by atoms with Crippen LogP contribution in [-0.4, -0.2) is 33.2 Å². The first kappa shape index (κ1) is 14.8. The summed E-state index contributed by atoms with van der Waals surface area (Å²) in [5.74, 6) is 0.832. The highest BCUT2D eigenvalue weighted by atomic mass is 32.1. The van der Waals surface area contributed by atoms with Crippen LogP contribution in [0.5, 0.6) is 5.75 Å². The number of fused-ring (bicyclic) bond motifs is 1. The van der Waals surface area contributed by atoms with E-state index in [1.54, 1.807) is 7.11 Å². The van der Waals surface area contributed by atoms with Gasteiger partial charge < -0.3 is 15.4 Å². The Morgan fingerprint density at radius 3 is 2.85 bits per heavy atom. The monoisotopic (exact) mass is 292 g/mol. The second-order valence-electron chi connectivity index (χ2n) is 4.63. The number of thiophene rings is 1. The fraction of sp³-hybridized carbons (Fsp3) is 0.400. The Labute approximate surface area is 123 Å². The van der Waals surface area contributed by atoms with Gasteiger partial charge in [-0.25, -0.2) is 0 Å². The quantitative estimate of drug-likeness (QED) is 0.805. The molecule has 0 saturated heterocycles. The lowest BCUT2D eigenvalue weighted by Crippen LogP contribution is -2.26. The molecule has 0 bridgehead atoms. The molecule has 1 aromatic heterocycles. The van der Waals surface area contributed by atoms with Crippen LogP contribution in [0, 0.1) is 6.92 Å². The fourth-order valence-electron chi connectivity index (χ4n) is 2.09. The Morgan fingerprint density at radius 2 is 2.15 bits per heavy atom. The molecular formula is C15H20N2O2S. The van der Waals surface area contributed by atoms with Crippen LogP contribution in [0.3, 0.4) is 0 Å². The van der Waals surface area contributed by atoms with Crippen molar-refractivity contribution in [3.8, 4) is 5.75 Å². The zero-order chi connectivity index (χ0) is 14.5. The van der Waals surface area contributed by atoms with E-state index in [0.29, 0.717) is 6.54 Å². The van der Waals surface area contributed by atoms with Gasteiger partial charge in [0.2, 0.25) is 0 Å². The Morgan fingerprint density at radius 1 is 1.35 bits per heavy atom. The van der Waals surface area contributed by atoms with Gasteiger partial charge >= 0.3 is 0 Å². The molecule has 0 radical (unpaired) electrons. The van der Waals surface area contributed by atoms with E-state index in [1.165, 1.54) is 11.3 Å². The molecule has 0 atom stereocenters. The maximum absolute atomic E-state index is 12.2. The Kier molecular flexibility index (Phi) is 4.98. The molecule has 108 valence electrons. The number of carbonyl (C=O) groups excluding carboxylic acids is 1. The number of carbonyl (C=O) groups is 1. The summed E-state index contributed by atoms with van der Waals surface area (Å²) >= 11 is 1.53. The number of aryl methyl sites for hydroxylation is 1. The second kappa shape index (κ2) is 6.72. The van der Waals surface area contributed by atoms with Crippen molar-refractivity contribution >= 4 is 27.3 Å². The normalized spacial score (nSPS) is 10.8. The standard InChI is InChI=1S/C15H20N2O2S/c1-10-12-9-11(19-3)5-6-13(12)20-14(10)15(18)17-8-4-7-16-2/h5-6,9,16H,4,7-8H2,1-3H3,(H,17,18). The van der Waals surface area contributed by atoms with Crippen molar-refractivity contribution in [2.45, 2.75) is 13.3 Å². The molecule has 0 unspecified atom stereocenters. The zero-order valence-corrected chi connectivity index (χ0v) is 12.9. The molecule has 0 spiro atoms. The number of nitrogens with one attached hydrogen (secondary N) is 2. The predicted molar refractivity (Wildman–Crippen MR) is 84.0 cm³/mol. The third kappa shape index (κ3) is 3.11. The molecule has 2 aromatic rings. The van der Waals surface area contributed by atoms with Crippen molar-refractivity contribution in [2.24, 2.45) is 0 Å². The molecule has 0 aliphatic rings. The lowest BCUT2D eigenvalue weighted by Gasteiger charge is -2.04. The van der Waals surface area contributed by atoms with E-state index in [2.05, 4.69) is 10.6 Å². The molecule has 20 heavy (non-hydrogen) atoms. The maximum atomic E-state index is 12.2. The van der Waals surface area contributed by atoms with Gasteiger partial charge in [-0.3, -0.25) is 4.79 Å². The van der Waals surface area contributed by atoms with Gasteiger partial charge in [0, 0.05) is 11.2 Å². The van der Waals surface area contributed by atoms with Gasteiger partial charge in [-0.1, -0.05) is 0 Å². The van der Waals surface area contributed by atoms with Gasteiger partial charge in [0.15, 0.2) is 0 Å². The van der Waals surface area contributed by atoms with Crippen molar-refractivity contribution < 1.29 is 9.53 Å². The molecule has 1 aromatic carbocycles. The third-order valence-electron chi connectivity index (χ3n) is 3.24. The molecule has 5 heteroatoms. The van der Waals surface area contributed by atoms with E-state index in [4.69, 9.17) is 4.74 Å². The van der Waals surface area contributed by atoms with Crippen LogP contribution in [0.2, 0.25) is 0 Å². The molecule has 0 aliphatic carbocycles. The van der Waals surface area contributed by atoms with E-state index < -0.39 is 0 Å². The minimum atomic E-state index is 0.0127. The average Bonchev–Trinajstić information content (AvgIpc) is 2.80. The lowest BCUT2D eigenvalue weighted by molar-refractivity contribution is 0.0957. The van der Waals surface area contributed by atoms with E-state index in [-0.39, 0.29) is 5.91 Å². The molecule has 4 nitrogen and oxygen atoms in total. The number of rotatable bonds is 6. The van der Waals surface area contributed by atoms with Crippen LogP contribution in [0.1, 0.15) is 21.7 Å². The SMILES string of the molecule is CNCCCNC(=O)c1sc2ccc(OC)cc2c1C. The molecule has 2 N–H and O–H groups in total. The van der Waals surface area contributed by atoms with Crippen LogP contribution in [0.25, 0.3) is 10.1 Å². The number of benzene rings is 1. The van der Waals surface area contributed by atoms with Crippen LogP contribution in [-0.2, 0) is 0 Å². The van der Waals surface area contributed by atoms with Gasteiger partial charge in [0.05, 0.1) is 12.0 Å². The summed E-state index contributed by atoms with van der Waals surface area (Å²) in [5.41, 5.74) is 1.02. The minimum absolute atomic E-state index is 0.0127. The largest absolute Gasteiger partial charge is 0.497 e. The first-order chi connectivity index (χ1) is 9.67. The van der Waals surface area contributed by atoms with Crippen molar-refractivity contribution in [1.29, 1.82) is 0 Å². The van der Waals surface area contributed by atoms with Crippen molar-refractivity contribution in [2.75, 3.05) is 27.2 Å². The van der Waals surface area contributed by atoms with Crippen molar-refractivity contribution in [1.82, 2.24) is 10.6 Å². The summed E-state index contributed by atoms with van der Waals surface area (Å²) in [6, 6.07) is 5.91. The first-order valence-electron chi connectivity index (χ1n) is 6.67. The number of amides is 1. The van der Waals surface area contributed by atoms with Gasteiger partial charge in [0.25, 0.3) is 5.91 Å². The predicted octanol–water partition coefficient (Wildman–Crippen LogP) is 2.56. The lowest BCUT2D eigenvalue weighted by atomic mass is 10.1. The number of ether oxygens (including phenoxy) is 1. The highest BCUT2D eigenvalue weighted by molar-refractivity contribution is 7.21. The molecule has 2 rings (SSSR count). The molecule has 0 aliphatic heterocycles. The van der Waals surface area contributed by atoms with Gasteiger partial charge in [-0.05, 0) is 56.1 Å².